The predicted octanol–water partition coefficient (Wildman–Crippen LogP) is 3.35. The van der Waals surface area contributed by atoms with E-state index < -0.39 is 11.7 Å². The van der Waals surface area contributed by atoms with Crippen molar-refractivity contribution in [2.24, 2.45) is 0 Å². The molecule has 0 unspecified atom stereocenters. The van der Waals surface area contributed by atoms with Crippen LogP contribution in [0, 0.1) is 0 Å². The molecule has 0 aliphatic carbocycles. The summed E-state index contributed by atoms with van der Waals surface area (Å²) in [6.45, 7) is 0.389. The van der Waals surface area contributed by atoms with E-state index in [1.807, 2.05) is 0 Å². The van der Waals surface area contributed by atoms with Gasteiger partial charge in [0.15, 0.2) is 17.5 Å². The second kappa shape index (κ2) is 3.33. The van der Waals surface area contributed by atoms with Gasteiger partial charge in [0.25, 0.3) is 0 Å². The fourth-order valence-electron chi connectivity index (χ4n) is 1.93. The Morgan fingerprint density at radius 2 is 1.94 bits per heavy atom. The number of halogens is 2. The molecular formula is C12H9F2NO. The second-order valence-corrected chi connectivity index (χ2v) is 3.70. The molecule has 0 saturated heterocycles. The molecule has 0 amide bonds. The Labute approximate surface area is 91.2 Å². The fourth-order valence-corrected chi connectivity index (χ4v) is 1.93. The van der Waals surface area contributed by atoms with Gasteiger partial charge in [-0.2, -0.15) is 0 Å². The summed E-state index contributed by atoms with van der Waals surface area (Å²) >= 11 is 0. The summed E-state index contributed by atoms with van der Waals surface area (Å²) < 4.78 is 32.9. The van der Waals surface area contributed by atoms with Crippen molar-refractivity contribution >= 4 is 11.5 Å². The molecule has 0 saturated carbocycles. The highest BCUT2D eigenvalue weighted by Crippen LogP contribution is 2.39. The predicted molar refractivity (Wildman–Crippen MR) is 56.8 cm³/mol. The zero-order valence-corrected chi connectivity index (χ0v) is 8.39. The van der Waals surface area contributed by atoms with E-state index in [2.05, 4.69) is 5.32 Å². The van der Waals surface area contributed by atoms with Crippen molar-refractivity contribution in [1.82, 2.24) is 0 Å². The lowest BCUT2D eigenvalue weighted by molar-refractivity contribution is 0.250. The van der Waals surface area contributed by atoms with Gasteiger partial charge < -0.3 is 10.1 Å². The van der Waals surface area contributed by atoms with Crippen molar-refractivity contribution in [2.45, 2.75) is 6.42 Å². The van der Waals surface area contributed by atoms with Crippen molar-refractivity contribution in [3.8, 4) is 0 Å². The number of allylic oxidation sites excluding steroid dienone is 1. The highest BCUT2D eigenvalue weighted by atomic mass is 19.2. The van der Waals surface area contributed by atoms with Crippen LogP contribution in [0.1, 0.15) is 12.0 Å². The van der Waals surface area contributed by atoms with E-state index in [4.69, 9.17) is 4.74 Å². The molecule has 0 fully saturated rings. The number of rotatable bonds is 0. The molecule has 1 aromatic rings. The first-order chi connectivity index (χ1) is 7.77. The quantitative estimate of drug-likeness (QED) is 0.725. The normalized spacial score (nSPS) is 18.6. The number of benzene rings is 1. The van der Waals surface area contributed by atoms with Crippen LogP contribution in [0.2, 0.25) is 0 Å². The SMILES string of the molecule is FC1=C(F)c2ccccc2NC2=C1CCO2. The first-order valence-corrected chi connectivity index (χ1v) is 5.05. The number of ether oxygens (including phenoxy) is 1. The maximum Gasteiger partial charge on any atom is 0.197 e. The molecule has 82 valence electrons. The minimum absolute atomic E-state index is 0.234. The van der Waals surface area contributed by atoms with E-state index in [-0.39, 0.29) is 11.1 Å². The van der Waals surface area contributed by atoms with Crippen LogP contribution < -0.4 is 5.32 Å². The van der Waals surface area contributed by atoms with Crippen molar-refractivity contribution < 1.29 is 13.5 Å². The summed E-state index contributed by atoms with van der Waals surface area (Å²) in [7, 11) is 0. The summed E-state index contributed by atoms with van der Waals surface area (Å²) in [5.74, 6) is -1.30. The summed E-state index contributed by atoms with van der Waals surface area (Å²) in [6, 6.07) is 6.67. The Kier molecular flexibility index (Phi) is 1.96. The summed E-state index contributed by atoms with van der Waals surface area (Å²) in [5, 5.41) is 2.92. The first kappa shape index (κ1) is 9.39. The number of hydrogen-bond donors (Lipinski definition) is 1. The third kappa shape index (κ3) is 1.23. The molecule has 2 aliphatic rings. The Bertz CT molecular complexity index is 520. The van der Waals surface area contributed by atoms with Crippen LogP contribution >= 0.6 is 0 Å². The lowest BCUT2D eigenvalue weighted by Gasteiger charge is -2.09. The molecule has 1 N–H and O–H groups in total. The summed E-state index contributed by atoms with van der Waals surface area (Å²) in [5.41, 5.74) is 1.05. The van der Waals surface area contributed by atoms with Gasteiger partial charge in [-0.25, -0.2) is 8.78 Å². The molecule has 3 rings (SSSR count). The third-order valence-corrected chi connectivity index (χ3v) is 2.74. The fraction of sp³-hybridized carbons (Fsp3) is 0.167. The van der Waals surface area contributed by atoms with Gasteiger partial charge in [-0.3, -0.25) is 0 Å². The van der Waals surface area contributed by atoms with E-state index in [1.54, 1.807) is 24.3 Å². The largest absolute Gasteiger partial charge is 0.478 e. The third-order valence-electron chi connectivity index (χ3n) is 2.74. The molecule has 0 atom stereocenters. The average molecular weight is 221 g/mol. The van der Waals surface area contributed by atoms with Gasteiger partial charge in [-0.05, 0) is 12.1 Å². The van der Waals surface area contributed by atoms with Gasteiger partial charge in [0.1, 0.15) is 0 Å². The van der Waals surface area contributed by atoms with Crippen LogP contribution in [0.5, 0.6) is 0 Å². The van der Waals surface area contributed by atoms with Crippen LogP contribution in [-0.4, -0.2) is 6.61 Å². The van der Waals surface area contributed by atoms with Crippen molar-refractivity contribution in [3.05, 3.63) is 47.1 Å². The highest BCUT2D eigenvalue weighted by Gasteiger charge is 2.28. The standard InChI is InChI=1S/C12H9F2NO/c13-10-7-3-1-2-4-9(7)15-12-8(11(10)14)5-6-16-12/h1-4,15H,5-6H2. The van der Waals surface area contributed by atoms with E-state index >= 15 is 0 Å². The van der Waals surface area contributed by atoms with E-state index in [1.165, 1.54) is 0 Å². The Balaban J connectivity index is 2.23. The molecule has 1 aromatic carbocycles. The highest BCUT2D eigenvalue weighted by molar-refractivity contribution is 5.78. The lowest BCUT2D eigenvalue weighted by Crippen LogP contribution is -2.01. The van der Waals surface area contributed by atoms with Gasteiger partial charge in [-0.1, -0.05) is 12.1 Å². The second-order valence-electron chi connectivity index (χ2n) is 3.70. The van der Waals surface area contributed by atoms with Crippen LogP contribution in [-0.2, 0) is 4.74 Å². The number of anilines is 1. The van der Waals surface area contributed by atoms with Gasteiger partial charge in [0.2, 0.25) is 0 Å². The summed E-state index contributed by atoms with van der Waals surface area (Å²) in [6.07, 6.45) is 0.398. The number of para-hydroxylation sites is 1. The zero-order valence-electron chi connectivity index (χ0n) is 8.39. The Morgan fingerprint density at radius 1 is 1.12 bits per heavy atom. The number of nitrogens with one attached hydrogen (secondary N) is 1. The van der Waals surface area contributed by atoms with E-state index in [9.17, 15) is 8.78 Å². The van der Waals surface area contributed by atoms with Crippen molar-refractivity contribution in [3.63, 3.8) is 0 Å². The molecule has 4 heteroatoms. The van der Waals surface area contributed by atoms with Gasteiger partial charge in [-0.15, -0.1) is 0 Å². The zero-order chi connectivity index (χ0) is 11.1. The lowest BCUT2D eigenvalue weighted by atomic mass is 10.1. The molecular weight excluding hydrogens is 212 g/mol. The van der Waals surface area contributed by atoms with Gasteiger partial charge in [0.05, 0.1) is 17.9 Å². The maximum absolute atomic E-state index is 13.8. The van der Waals surface area contributed by atoms with E-state index in [0.29, 0.717) is 24.6 Å². The molecule has 2 heterocycles. The minimum atomic E-state index is -0.821. The molecule has 0 aromatic heterocycles. The number of hydrogen-bond acceptors (Lipinski definition) is 2. The van der Waals surface area contributed by atoms with Crippen LogP contribution in [0.25, 0.3) is 5.83 Å². The average Bonchev–Trinajstić information content (AvgIpc) is 2.72. The monoisotopic (exact) mass is 221 g/mol. The molecule has 16 heavy (non-hydrogen) atoms. The molecule has 0 spiro atoms. The van der Waals surface area contributed by atoms with Crippen LogP contribution in [0.15, 0.2) is 41.5 Å². The first-order valence-electron chi connectivity index (χ1n) is 5.05. The maximum atomic E-state index is 13.8. The van der Waals surface area contributed by atoms with Gasteiger partial charge in [0, 0.05) is 12.0 Å². The topological polar surface area (TPSA) is 21.3 Å². The van der Waals surface area contributed by atoms with Crippen LogP contribution in [0.4, 0.5) is 14.5 Å². The van der Waals surface area contributed by atoms with Crippen molar-refractivity contribution in [2.75, 3.05) is 11.9 Å². The van der Waals surface area contributed by atoms with Gasteiger partial charge >= 0.3 is 0 Å². The molecule has 2 nitrogen and oxygen atoms in total. The van der Waals surface area contributed by atoms with Crippen LogP contribution in [0.3, 0.4) is 0 Å². The number of fused-ring (bicyclic) bond motifs is 1. The molecule has 2 aliphatic heterocycles. The van der Waals surface area contributed by atoms with Crippen molar-refractivity contribution in [1.29, 1.82) is 0 Å². The summed E-state index contributed by atoms with van der Waals surface area (Å²) in [4.78, 5) is 0. The molecule has 0 bridgehead atoms. The molecule has 0 radical (unpaired) electrons. The Hall–Kier alpha value is -1.84. The van der Waals surface area contributed by atoms with E-state index in [0.717, 1.165) is 0 Å². The smallest absolute Gasteiger partial charge is 0.197 e. The minimum Gasteiger partial charge on any atom is -0.478 e. The Morgan fingerprint density at radius 3 is 2.81 bits per heavy atom.